The van der Waals surface area contributed by atoms with Crippen molar-refractivity contribution >= 4 is 253 Å². The Labute approximate surface area is 816 Å². The molecule has 16 nitrogen and oxygen atoms in total. The van der Waals surface area contributed by atoms with Gasteiger partial charge in [0.1, 0.15) is 33.5 Å². The van der Waals surface area contributed by atoms with E-state index in [-0.39, 0.29) is 22.0 Å². The quantitative estimate of drug-likeness (QED) is 0.0261. The summed E-state index contributed by atoms with van der Waals surface area (Å²) >= 11 is 28.0. The second kappa shape index (κ2) is 41.1. The Kier molecular flexibility index (Phi) is 28.2. The molecular formula is C111H75Cl3IN3O13S4. The molecule has 0 amide bonds. The number of aromatic carboxylic acids is 2. The van der Waals surface area contributed by atoms with Gasteiger partial charge in [-0.3, -0.25) is 13.9 Å². The van der Waals surface area contributed by atoms with Crippen molar-refractivity contribution in [2.75, 3.05) is 14.7 Å². The van der Waals surface area contributed by atoms with Crippen molar-refractivity contribution in [3.05, 3.63) is 453 Å². The van der Waals surface area contributed by atoms with Gasteiger partial charge in [0.25, 0.3) is 0 Å². The van der Waals surface area contributed by atoms with Crippen LogP contribution in [-0.4, -0.2) is 45.2 Å². The molecule has 135 heavy (non-hydrogen) atoms. The van der Waals surface area contributed by atoms with Crippen LogP contribution < -0.4 is 20.1 Å². The highest BCUT2D eigenvalue weighted by Gasteiger charge is 2.26. The van der Waals surface area contributed by atoms with E-state index in [4.69, 9.17) is 70.7 Å². The third kappa shape index (κ3) is 20.3. The second-order valence-electron chi connectivity index (χ2n) is 30.6. The topological polar surface area (TPSA) is 247 Å². The van der Waals surface area contributed by atoms with Gasteiger partial charge in [0.05, 0.1) is 30.9 Å². The van der Waals surface area contributed by atoms with Crippen LogP contribution in [0.1, 0.15) is 20.7 Å². The molecular weight excluding hydrogens is 1940 g/mol. The zero-order chi connectivity index (χ0) is 92.7. The van der Waals surface area contributed by atoms with Crippen molar-refractivity contribution in [1.29, 1.82) is 0 Å². The highest BCUT2D eigenvalue weighted by atomic mass is 127. The molecule has 0 aliphatic carbocycles. The van der Waals surface area contributed by atoms with Gasteiger partial charge in [0.15, 0.2) is 5.43 Å². The maximum absolute atomic E-state index is 13.7. The summed E-state index contributed by atoms with van der Waals surface area (Å²) in [5.41, 5.74) is 20.9. The van der Waals surface area contributed by atoms with Crippen LogP contribution >= 0.6 is 93.1 Å². The monoisotopic (exact) mass is 2020 g/mol. The largest absolute Gasteiger partial charge is 0.478 e. The normalized spacial score (nSPS) is 11.1. The summed E-state index contributed by atoms with van der Waals surface area (Å²) in [4.78, 5) is 45.2. The Balaban J connectivity index is 0.000000130. The zero-order valence-electron chi connectivity index (χ0n) is 70.8. The van der Waals surface area contributed by atoms with E-state index in [2.05, 4.69) is 215 Å². The maximum atomic E-state index is 13.7. The Hall–Kier alpha value is -14.3. The average molecular weight is 2020 g/mol. The lowest BCUT2D eigenvalue weighted by Gasteiger charge is -2.26. The van der Waals surface area contributed by atoms with E-state index in [1.165, 1.54) is 17.8 Å². The number of para-hydroxylation sites is 6. The van der Waals surface area contributed by atoms with Crippen molar-refractivity contribution in [3.63, 3.8) is 0 Å². The number of benzene rings is 18. The molecule has 0 atom stereocenters. The number of thiol groups is 1. The fourth-order valence-electron chi connectivity index (χ4n) is 16.2. The number of hydrogen-bond donors (Lipinski definition) is 5. The molecule has 0 unspecified atom stereocenters. The van der Waals surface area contributed by atoms with Crippen molar-refractivity contribution in [2.45, 2.75) is 14.7 Å². The fraction of sp³-hybridized carbons (Fsp3) is 0. The van der Waals surface area contributed by atoms with Gasteiger partial charge in [-0.05, 0) is 221 Å². The number of carbonyl (C=O) groups is 2. The van der Waals surface area contributed by atoms with E-state index in [0.717, 1.165) is 170 Å². The summed E-state index contributed by atoms with van der Waals surface area (Å²) in [5.74, 6) is -1.96. The van der Waals surface area contributed by atoms with Gasteiger partial charge in [0.2, 0.25) is 0 Å². The van der Waals surface area contributed by atoms with E-state index in [1.54, 1.807) is 41.7 Å². The van der Waals surface area contributed by atoms with E-state index in [0.29, 0.717) is 34.3 Å². The summed E-state index contributed by atoms with van der Waals surface area (Å²) in [5, 5.41) is 27.6. The van der Waals surface area contributed by atoms with Crippen LogP contribution in [0.25, 0.3) is 119 Å². The van der Waals surface area contributed by atoms with Crippen LogP contribution in [0.15, 0.2) is 445 Å². The number of rotatable bonds is 16. The predicted molar refractivity (Wildman–Crippen MR) is 564 cm³/mol. The number of fused-ring (bicyclic) bond motifs is 11. The SMILES string of the molecule is O.O=C(O)c1cccc(Cl)c1I.O=C(O)c1cccc(Cl)c1Sc1cccc(N(c2ccccc2)c2cc(-c3ccccc3)c3oc4ccccc4c3c2)c1.O=S(=O)(O)O.O=c1c2cc(N(c3ccccc3)c3cc(-c4ccccc4)c4oc5ccccc5c4c3)ccc2sc2c(Cl)cccc12.Sc1cccc(N(c2ccccc2)c2cc(-c3ccccc3)c3oc4ccccc4c3c2)c1. The van der Waals surface area contributed by atoms with Gasteiger partial charge in [-0.25, -0.2) is 9.59 Å². The van der Waals surface area contributed by atoms with Crippen molar-refractivity contribution < 1.29 is 56.1 Å². The Morgan fingerprint density at radius 1 is 0.341 bits per heavy atom. The van der Waals surface area contributed by atoms with Crippen molar-refractivity contribution in [3.8, 4) is 33.4 Å². The molecule has 0 saturated carbocycles. The van der Waals surface area contributed by atoms with Gasteiger partial charge in [0, 0.05) is 134 Å². The first-order chi connectivity index (χ1) is 65.1. The Bertz CT molecular complexity index is 8350. The van der Waals surface area contributed by atoms with Crippen LogP contribution in [-0.2, 0) is 10.4 Å². The molecule has 0 bridgehead atoms. The molecule has 0 fully saturated rings. The van der Waals surface area contributed by atoms with Crippen LogP contribution in [0.2, 0.25) is 15.1 Å². The first-order valence-corrected chi connectivity index (χ1v) is 47.5. The van der Waals surface area contributed by atoms with Crippen LogP contribution in [0.3, 0.4) is 0 Å². The Morgan fingerprint density at radius 3 is 1.09 bits per heavy atom. The van der Waals surface area contributed by atoms with Gasteiger partial charge < -0.3 is 43.6 Å². The molecule has 6 N–H and O–H groups in total. The number of carboxylic acid groups (broad SMARTS) is 2. The lowest BCUT2D eigenvalue weighted by atomic mass is 10.00. The van der Waals surface area contributed by atoms with Crippen LogP contribution in [0.5, 0.6) is 0 Å². The van der Waals surface area contributed by atoms with E-state index >= 15 is 0 Å². The molecule has 0 aliphatic rings. The predicted octanol–water partition coefficient (Wildman–Crippen LogP) is 32.5. The number of carboxylic acids is 2. The molecule has 4 aromatic heterocycles. The van der Waals surface area contributed by atoms with Crippen LogP contribution in [0, 0.1) is 3.57 Å². The van der Waals surface area contributed by atoms with E-state index in [9.17, 15) is 19.5 Å². The van der Waals surface area contributed by atoms with Crippen molar-refractivity contribution in [2.24, 2.45) is 0 Å². The zero-order valence-corrected chi connectivity index (χ0v) is 78.6. The lowest BCUT2D eigenvalue weighted by Crippen LogP contribution is -2.11. The summed E-state index contributed by atoms with van der Waals surface area (Å²) in [6.45, 7) is 0. The van der Waals surface area contributed by atoms with E-state index < -0.39 is 22.3 Å². The number of nitrogens with zero attached hydrogens (tertiary/aromatic N) is 3. The number of halogens is 4. The highest BCUT2D eigenvalue weighted by molar-refractivity contribution is 14.1. The number of anilines is 9. The first-order valence-electron chi connectivity index (χ1n) is 41.8. The Morgan fingerprint density at radius 2 is 0.674 bits per heavy atom. The molecule has 0 radical (unpaired) electrons. The minimum absolute atomic E-state index is 0. The highest BCUT2D eigenvalue weighted by Crippen LogP contribution is 2.50. The first kappa shape index (κ1) is 92.6. The molecule has 0 spiro atoms. The van der Waals surface area contributed by atoms with Gasteiger partial charge in [-0.15, -0.1) is 24.0 Å². The molecule has 22 rings (SSSR count). The molecule has 4 heterocycles. The summed E-state index contributed by atoms with van der Waals surface area (Å²) < 4.78 is 53.1. The fourth-order valence-corrected chi connectivity index (χ4v) is 19.9. The molecule has 0 saturated heterocycles. The molecule has 24 heteroatoms. The standard InChI is InChI=1S/C37H24ClNO3S.C37H22ClNO2S.C30H21NOS.C7H4ClIO2.H2O4S.H2O/c38-33-19-10-18-30(37(40)41)36(33)43-28-16-9-15-26(21-28)39(25-13-5-2-6-14-25)27-22-31(24-11-3-1-4-12-24)35-32(23-27)29-17-7-8-20-34(29)42-35;38-32-16-9-15-28-35(40)31-20-25(18-19-34(31)42-37(28)32)39(24-12-5-2-6-13-24)26-21-29(23-10-3-1-4-11-23)36-30(22-26)27-14-7-8-17-33(27)41-36;33-25-15-9-14-23(18-25)31(22-12-5-2-6-13-22)24-19-27(21-10-3-1-4-11-21)30-28(20-24)26-16-7-8-17-29(26)32-30;8-5-3-1-2-4(6(5)9)7(10)11;1-5(2,3)4;/h1-23H,(H,40,41);1-22H;1-20,33H;1-3H,(H,10,11);(H2,1,2,3,4);1H2. The smallest absolute Gasteiger partial charge is 0.394 e. The van der Waals surface area contributed by atoms with Crippen LogP contribution in [0.4, 0.5) is 51.2 Å². The molecule has 18 aromatic carbocycles. The summed E-state index contributed by atoms with van der Waals surface area (Å²) in [6, 6.07) is 137. The molecule has 664 valence electrons. The third-order valence-electron chi connectivity index (χ3n) is 22.1. The average Bonchev–Trinajstić information content (AvgIpc) is 1.68. The van der Waals surface area contributed by atoms with Gasteiger partial charge in [-0.2, -0.15) is 8.42 Å². The maximum Gasteiger partial charge on any atom is 0.394 e. The molecule has 22 aromatic rings. The number of furan rings is 3. The second-order valence-corrected chi connectivity index (χ2v) is 36.5. The summed E-state index contributed by atoms with van der Waals surface area (Å²) in [6.07, 6.45) is 0. The van der Waals surface area contributed by atoms with Crippen molar-refractivity contribution in [1.82, 2.24) is 0 Å². The van der Waals surface area contributed by atoms with E-state index in [1.807, 2.05) is 211 Å². The minimum atomic E-state index is -4.67. The molecule has 0 aliphatic heterocycles. The number of hydrogen-bond acceptors (Lipinski definition) is 14. The van der Waals surface area contributed by atoms with Gasteiger partial charge >= 0.3 is 22.3 Å². The van der Waals surface area contributed by atoms with Gasteiger partial charge in [-0.1, -0.05) is 277 Å². The summed E-state index contributed by atoms with van der Waals surface area (Å²) in [7, 11) is -4.67. The lowest BCUT2D eigenvalue weighted by molar-refractivity contribution is 0.0683. The third-order valence-corrected chi connectivity index (χ3v) is 27.4. The minimum Gasteiger partial charge on any atom is -0.478 e.